The van der Waals surface area contributed by atoms with Crippen LogP contribution in [0.4, 0.5) is 0 Å². The van der Waals surface area contributed by atoms with E-state index in [0.717, 1.165) is 22.2 Å². The SMILES string of the molecule is O=C(O)c1cc2c(-c3ccco3)cccc2[nH]1. The van der Waals surface area contributed by atoms with E-state index in [-0.39, 0.29) is 5.69 Å². The molecule has 4 nitrogen and oxygen atoms in total. The van der Waals surface area contributed by atoms with Gasteiger partial charge in [-0.25, -0.2) is 4.79 Å². The Hall–Kier alpha value is -2.49. The molecule has 0 amide bonds. The van der Waals surface area contributed by atoms with E-state index in [1.54, 1.807) is 18.4 Å². The molecule has 84 valence electrons. The first kappa shape index (κ1) is 9.72. The number of rotatable bonds is 2. The van der Waals surface area contributed by atoms with Gasteiger partial charge in [0, 0.05) is 16.5 Å². The van der Waals surface area contributed by atoms with Crippen molar-refractivity contribution < 1.29 is 14.3 Å². The minimum absolute atomic E-state index is 0.180. The number of carbonyl (C=O) groups is 1. The standard InChI is InChI=1S/C13H9NO3/c15-13(16)11-7-9-8(12-5-2-6-17-12)3-1-4-10(9)14-11/h1-7,14H,(H,15,16). The molecule has 0 aliphatic heterocycles. The Bertz CT molecular complexity index is 680. The number of carboxylic acid groups (broad SMARTS) is 1. The molecule has 0 spiro atoms. The van der Waals surface area contributed by atoms with Gasteiger partial charge in [0.1, 0.15) is 11.5 Å². The molecular formula is C13H9NO3. The lowest BCUT2D eigenvalue weighted by Crippen LogP contribution is -1.94. The van der Waals surface area contributed by atoms with Gasteiger partial charge in [-0.05, 0) is 24.3 Å². The molecule has 0 saturated heterocycles. The number of aromatic amines is 1. The predicted molar refractivity (Wildman–Crippen MR) is 63.0 cm³/mol. The smallest absolute Gasteiger partial charge is 0.352 e. The highest BCUT2D eigenvalue weighted by atomic mass is 16.4. The number of hydrogen-bond donors (Lipinski definition) is 2. The van der Waals surface area contributed by atoms with Crippen LogP contribution in [0.5, 0.6) is 0 Å². The Balaban J connectivity index is 2.29. The van der Waals surface area contributed by atoms with E-state index >= 15 is 0 Å². The van der Waals surface area contributed by atoms with Gasteiger partial charge in [-0.2, -0.15) is 0 Å². The van der Waals surface area contributed by atoms with Gasteiger partial charge >= 0.3 is 5.97 Å². The van der Waals surface area contributed by atoms with Crippen molar-refractivity contribution in [3.63, 3.8) is 0 Å². The first-order chi connectivity index (χ1) is 8.25. The third-order valence-electron chi connectivity index (χ3n) is 2.68. The molecule has 0 unspecified atom stereocenters. The van der Waals surface area contributed by atoms with Gasteiger partial charge in [0.05, 0.1) is 6.26 Å². The molecule has 2 heterocycles. The monoisotopic (exact) mass is 227 g/mol. The fourth-order valence-corrected chi connectivity index (χ4v) is 1.92. The summed E-state index contributed by atoms with van der Waals surface area (Å²) in [5.41, 5.74) is 1.85. The van der Waals surface area contributed by atoms with Crippen molar-refractivity contribution in [2.45, 2.75) is 0 Å². The second-order valence-corrected chi connectivity index (χ2v) is 3.73. The average Bonchev–Trinajstić information content (AvgIpc) is 2.97. The van der Waals surface area contributed by atoms with Crippen LogP contribution in [0.15, 0.2) is 47.1 Å². The zero-order chi connectivity index (χ0) is 11.8. The van der Waals surface area contributed by atoms with Crippen LogP contribution in [0.1, 0.15) is 10.5 Å². The van der Waals surface area contributed by atoms with Crippen LogP contribution >= 0.6 is 0 Å². The highest BCUT2D eigenvalue weighted by molar-refractivity contribution is 6.00. The summed E-state index contributed by atoms with van der Waals surface area (Å²) in [5, 5.41) is 9.80. The van der Waals surface area contributed by atoms with E-state index in [9.17, 15) is 4.79 Å². The van der Waals surface area contributed by atoms with E-state index in [2.05, 4.69) is 4.98 Å². The molecule has 2 N–H and O–H groups in total. The van der Waals surface area contributed by atoms with Crippen molar-refractivity contribution in [2.24, 2.45) is 0 Å². The molecule has 0 bridgehead atoms. The zero-order valence-corrected chi connectivity index (χ0v) is 8.81. The van der Waals surface area contributed by atoms with Crippen LogP contribution in [0, 0.1) is 0 Å². The van der Waals surface area contributed by atoms with Gasteiger partial charge in [-0.15, -0.1) is 0 Å². The molecule has 0 atom stereocenters. The maximum Gasteiger partial charge on any atom is 0.352 e. The molecule has 0 radical (unpaired) electrons. The molecule has 4 heteroatoms. The van der Waals surface area contributed by atoms with Crippen LogP contribution in [0.2, 0.25) is 0 Å². The van der Waals surface area contributed by atoms with Crippen molar-refractivity contribution in [1.29, 1.82) is 0 Å². The summed E-state index contributed by atoms with van der Waals surface area (Å²) in [4.78, 5) is 13.8. The first-order valence-electron chi connectivity index (χ1n) is 5.14. The fourth-order valence-electron chi connectivity index (χ4n) is 1.92. The summed E-state index contributed by atoms with van der Waals surface area (Å²) in [6.07, 6.45) is 1.60. The van der Waals surface area contributed by atoms with Crippen molar-refractivity contribution in [3.05, 3.63) is 48.4 Å². The number of H-pyrrole nitrogens is 1. The maximum absolute atomic E-state index is 10.9. The van der Waals surface area contributed by atoms with E-state index in [0.29, 0.717) is 0 Å². The molecule has 0 aliphatic rings. The van der Waals surface area contributed by atoms with Gasteiger partial charge in [0.25, 0.3) is 0 Å². The highest BCUT2D eigenvalue weighted by Crippen LogP contribution is 2.29. The summed E-state index contributed by atoms with van der Waals surface area (Å²) in [5.74, 6) is -0.238. The Morgan fingerprint density at radius 1 is 1.24 bits per heavy atom. The fraction of sp³-hybridized carbons (Fsp3) is 0. The molecule has 0 saturated carbocycles. The highest BCUT2D eigenvalue weighted by Gasteiger charge is 2.12. The molecular weight excluding hydrogens is 218 g/mol. The second kappa shape index (κ2) is 3.52. The first-order valence-corrected chi connectivity index (χ1v) is 5.14. The number of carboxylic acids is 1. The van der Waals surface area contributed by atoms with E-state index < -0.39 is 5.97 Å². The summed E-state index contributed by atoms with van der Waals surface area (Å²) in [7, 11) is 0. The van der Waals surface area contributed by atoms with Crippen LogP contribution < -0.4 is 0 Å². The van der Waals surface area contributed by atoms with Crippen LogP contribution in [-0.2, 0) is 0 Å². The van der Waals surface area contributed by atoms with Crippen molar-refractivity contribution in [2.75, 3.05) is 0 Å². The Labute approximate surface area is 96.5 Å². The van der Waals surface area contributed by atoms with E-state index in [4.69, 9.17) is 9.52 Å². The lowest BCUT2D eigenvalue weighted by molar-refractivity contribution is 0.0691. The predicted octanol–water partition coefficient (Wildman–Crippen LogP) is 3.13. The van der Waals surface area contributed by atoms with Crippen molar-refractivity contribution in [3.8, 4) is 11.3 Å². The van der Waals surface area contributed by atoms with E-state index in [1.807, 2.05) is 24.3 Å². The molecule has 17 heavy (non-hydrogen) atoms. The molecule has 0 fully saturated rings. The summed E-state index contributed by atoms with van der Waals surface area (Å²) in [6.45, 7) is 0. The van der Waals surface area contributed by atoms with Gasteiger partial charge in [-0.1, -0.05) is 12.1 Å². The lowest BCUT2D eigenvalue weighted by atomic mass is 10.1. The van der Waals surface area contributed by atoms with Gasteiger partial charge in [0.15, 0.2) is 0 Å². The third kappa shape index (κ3) is 1.50. The minimum atomic E-state index is -0.966. The quantitative estimate of drug-likeness (QED) is 0.706. The maximum atomic E-state index is 10.9. The molecule has 2 aromatic heterocycles. The molecule has 0 aliphatic carbocycles. The molecule has 3 rings (SSSR count). The summed E-state index contributed by atoms with van der Waals surface area (Å²) >= 11 is 0. The Kier molecular flexibility index (Phi) is 2.01. The number of nitrogens with one attached hydrogen (secondary N) is 1. The number of furan rings is 1. The number of fused-ring (bicyclic) bond motifs is 1. The number of benzene rings is 1. The third-order valence-corrected chi connectivity index (χ3v) is 2.68. The van der Waals surface area contributed by atoms with Gasteiger partial charge in [-0.3, -0.25) is 0 Å². The number of aromatic carboxylic acids is 1. The lowest BCUT2D eigenvalue weighted by Gasteiger charge is -1.98. The topological polar surface area (TPSA) is 66.2 Å². The van der Waals surface area contributed by atoms with Crippen LogP contribution in [-0.4, -0.2) is 16.1 Å². The summed E-state index contributed by atoms with van der Waals surface area (Å²) in [6, 6.07) is 10.9. The molecule has 1 aromatic carbocycles. The minimum Gasteiger partial charge on any atom is -0.477 e. The second-order valence-electron chi connectivity index (χ2n) is 3.73. The number of hydrogen-bond acceptors (Lipinski definition) is 2. The van der Waals surface area contributed by atoms with Crippen LogP contribution in [0.3, 0.4) is 0 Å². The number of aromatic nitrogens is 1. The normalized spacial score (nSPS) is 10.8. The van der Waals surface area contributed by atoms with E-state index in [1.165, 1.54) is 0 Å². The van der Waals surface area contributed by atoms with Gasteiger partial charge < -0.3 is 14.5 Å². The summed E-state index contributed by atoms with van der Waals surface area (Å²) < 4.78 is 5.34. The average molecular weight is 227 g/mol. The Morgan fingerprint density at radius 3 is 2.82 bits per heavy atom. The molecule has 3 aromatic rings. The zero-order valence-electron chi connectivity index (χ0n) is 8.81. The van der Waals surface area contributed by atoms with Crippen LogP contribution in [0.25, 0.3) is 22.2 Å². The van der Waals surface area contributed by atoms with Gasteiger partial charge in [0.2, 0.25) is 0 Å². The Morgan fingerprint density at radius 2 is 2.12 bits per heavy atom. The largest absolute Gasteiger partial charge is 0.477 e. The van der Waals surface area contributed by atoms with Crippen molar-refractivity contribution in [1.82, 2.24) is 4.98 Å². The van der Waals surface area contributed by atoms with Crippen molar-refractivity contribution >= 4 is 16.9 Å².